The fourth-order valence-corrected chi connectivity index (χ4v) is 2.89. The number of nitrogens with zero attached hydrogens (tertiary/aromatic N) is 3. The summed E-state index contributed by atoms with van der Waals surface area (Å²) < 4.78 is 5.26. The van der Waals surface area contributed by atoms with E-state index in [1.54, 1.807) is 0 Å². The number of rotatable bonds is 4. The predicted molar refractivity (Wildman–Crippen MR) is 88.2 cm³/mol. The van der Waals surface area contributed by atoms with Gasteiger partial charge in [-0.05, 0) is 31.0 Å². The van der Waals surface area contributed by atoms with Gasteiger partial charge in [-0.25, -0.2) is 0 Å². The quantitative estimate of drug-likeness (QED) is 0.870. The average Bonchev–Trinajstić information content (AvgIpc) is 3.00. The number of aryl methyl sites for hydroxylation is 2. The summed E-state index contributed by atoms with van der Waals surface area (Å²) in [5.74, 6) is 1.01. The molecule has 2 heterocycles. The highest BCUT2D eigenvalue weighted by Gasteiger charge is 2.22. The molecule has 3 rings (SSSR count). The van der Waals surface area contributed by atoms with Gasteiger partial charge >= 0.3 is 0 Å². The van der Waals surface area contributed by atoms with Crippen molar-refractivity contribution in [2.45, 2.75) is 26.8 Å². The third-order valence-electron chi connectivity index (χ3n) is 4.32. The van der Waals surface area contributed by atoms with Crippen LogP contribution in [0.25, 0.3) is 0 Å². The third-order valence-corrected chi connectivity index (χ3v) is 4.32. The molecule has 0 unspecified atom stereocenters. The lowest BCUT2D eigenvalue weighted by atomic mass is 10.1. The summed E-state index contributed by atoms with van der Waals surface area (Å²) in [4.78, 5) is 16.8. The maximum Gasteiger partial charge on any atom is 0.253 e. The molecule has 23 heavy (non-hydrogen) atoms. The number of hydrogen-bond donors (Lipinski definition) is 0. The van der Waals surface area contributed by atoms with Gasteiger partial charge in [-0.15, -0.1) is 0 Å². The van der Waals surface area contributed by atoms with Gasteiger partial charge in [0.05, 0.1) is 12.2 Å². The highest BCUT2D eigenvalue weighted by molar-refractivity contribution is 5.94. The molecule has 2 aromatic rings. The van der Waals surface area contributed by atoms with Crippen LogP contribution in [-0.2, 0) is 13.0 Å². The van der Waals surface area contributed by atoms with Gasteiger partial charge < -0.3 is 9.42 Å². The van der Waals surface area contributed by atoms with E-state index in [9.17, 15) is 4.79 Å². The first-order valence-electron chi connectivity index (χ1n) is 8.18. The van der Waals surface area contributed by atoms with E-state index in [0.29, 0.717) is 0 Å². The van der Waals surface area contributed by atoms with Crippen LogP contribution in [0.2, 0.25) is 0 Å². The largest absolute Gasteiger partial charge is 0.360 e. The van der Waals surface area contributed by atoms with Crippen molar-refractivity contribution in [2.75, 3.05) is 26.2 Å². The molecule has 0 N–H and O–H groups in total. The zero-order valence-electron chi connectivity index (χ0n) is 13.8. The van der Waals surface area contributed by atoms with E-state index in [2.05, 4.69) is 17.0 Å². The van der Waals surface area contributed by atoms with Gasteiger partial charge in [0, 0.05) is 37.8 Å². The Morgan fingerprint density at radius 3 is 2.43 bits per heavy atom. The highest BCUT2D eigenvalue weighted by atomic mass is 16.5. The van der Waals surface area contributed by atoms with Crippen molar-refractivity contribution in [3.05, 3.63) is 52.9 Å². The van der Waals surface area contributed by atoms with Crippen LogP contribution in [0.5, 0.6) is 0 Å². The topological polar surface area (TPSA) is 49.6 Å². The van der Waals surface area contributed by atoms with Crippen molar-refractivity contribution in [3.8, 4) is 0 Å². The maximum atomic E-state index is 12.5. The summed E-state index contributed by atoms with van der Waals surface area (Å²) in [5, 5.41) is 3.91. The first-order valence-corrected chi connectivity index (χ1v) is 8.18. The molecule has 0 radical (unpaired) electrons. The summed E-state index contributed by atoms with van der Waals surface area (Å²) >= 11 is 0. The van der Waals surface area contributed by atoms with Gasteiger partial charge in [-0.1, -0.05) is 24.2 Å². The molecule has 0 spiro atoms. The van der Waals surface area contributed by atoms with Crippen molar-refractivity contribution in [1.29, 1.82) is 0 Å². The second-order valence-corrected chi connectivity index (χ2v) is 6.05. The first kappa shape index (κ1) is 15.7. The molecule has 1 aliphatic heterocycles. The minimum Gasteiger partial charge on any atom is -0.360 e. The fraction of sp³-hybridized carbons (Fsp3) is 0.444. The Morgan fingerprint density at radius 2 is 1.87 bits per heavy atom. The SMILES string of the molecule is CCc1ccc(C(=O)N2CCN(Cc3cc(C)no3)CC2)cc1. The van der Waals surface area contributed by atoms with Crippen molar-refractivity contribution in [1.82, 2.24) is 15.0 Å². The number of benzene rings is 1. The smallest absolute Gasteiger partial charge is 0.253 e. The van der Waals surface area contributed by atoms with Crippen LogP contribution in [0, 0.1) is 6.92 Å². The Bertz CT molecular complexity index is 655. The lowest BCUT2D eigenvalue weighted by molar-refractivity contribution is 0.0617. The maximum absolute atomic E-state index is 12.5. The van der Waals surface area contributed by atoms with E-state index >= 15 is 0 Å². The van der Waals surface area contributed by atoms with Crippen LogP contribution >= 0.6 is 0 Å². The molecule has 0 bridgehead atoms. The number of carbonyl (C=O) groups excluding carboxylic acids is 1. The molecule has 0 atom stereocenters. The lowest BCUT2D eigenvalue weighted by Crippen LogP contribution is -2.48. The molecule has 1 aliphatic rings. The van der Waals surface area contributed by atoms with E-state index in [4.69, 9.17) is 4.52 Å². The molecule has 1 amide bonds. The minimum absolute atomic E-state index is 0.128. The monoisotopic (exact) mass is 313 g/mol. The summed E-state index contributed by atoms with van der Waals surface area (Å²) in [6.07, 6.45) is 0.994. The fourth-order valence-electron chi connectivity index (χ4n) is 2.89. The summed E-state index contributed by atoms with van der Waals surface area (Å²) in [6.45, 7) is 8.02. The number of piperazine rings is 1. The Balaban J connectivity index is 1.54. The molecule has 1 aromatic carbocycles. The molecule has 0 saturated carbocycles. The standard InChI is InChI=1S/C18H23N3O2/c1-3-15-4-6-16(7-5-15)18(22)21-10-8-20(9-11-21)13-17-12-14(2)19-23-17/h4-7,12H,3,8-11,13H2,1-2H3. The minimum atomic E-state index is 0.128. The normalized spacial score (nSPS) is 15.8. The van der Waals surface area contributed by atoms with Crippen LogP contribution in [-0.4, -0.2) is 47.0 Å². The molecule has 0 aliphatic carbocycles. The molecule has 5 nitrogen and oxygen atoms in total. The highest BCUT2D eigenvalue weighted by Crippen LogP contribution is 2.13. The van der Waals surface area contributed by atoms with Crippen LogP contribution in [0.1, 0.15) is 34.3 Å². The molecule has 1 fully saturated rings. The molecule has 1 saturated heterocycles. The first-order chi connectivity index (χ1) is 11.2. The van der Waals surface area contributed by atoms with Gasteiger partial charge in [-0.2, -0.15) is 0 Å². The molecular formula is C18H23N3O2. The van der Waals surface area contributed by atoms with Gasteiger partial charge in [0.15, 0.2) is 5.76 Å². The molecule has 5 heteroatoms. The van der Waals surface area contributed by atoms with Crippen LogP contribution in [0.4, 0.5) is 0 Å². The van der Waals surface area contributed by atoms with E-state index in [-0.39, 0.29) is 5.91 Å². The number of aromatic nitrogens is 1. The van der Waals surface area contributed by atoms with E-state index < -0.39 is 0 Å². The van der Waals surface area contributed by atoms with Gasteiger partial charge in [-0.3, -0.25) is 9.69 Å². The Morgan fingerprint density at radius 1 is 1.17 bits per heavy atom. The van der Waals surface area contributed by atoms with Crippen molar-refractivity contribution >= 4 is 5.91 Å². The van der Waals surface area contributed by atoms with Crippen molar-refractivity contribution < 1.29 is 9.32 Å². The third kappa shape index (κ3) is 3.79. The number of hydrogen-bond acceptors (Lipinski definition) is 4. The van der Waals surface area contributed by atoms with Crippen molar-refractivity contribution in [2.24, 2.45) is 0 Å². The van der Waals surface area contributed by atoms with Crippen LogP contribution in [0.15, 0.2) is 34.9 Å². The van der Waals surface area contributed by atoms with E-state index in [1.165, 1.54) is 5.56 Å². The number of carbonyl (C=O) groups is 1. The summed E-state index contributed by atoms with van der Waals surface area (Å²) in [5.41, 5.74) is 2.94. The second kappa shape index (κ2) is 6.96. The van der Waals surface area contributed by atoms with Crippen LogP contribution in [0.3, 0.4) is 0 Å². The zero-order valence-corrected chi connectivity index (χ0v) is 13.8. The average molecular weight is 313 g/mol. The Labute approximate surface area is 136 Å². The summed E-state index contributed by atoms with van der Waals surface area (Å²) in [7, 11) is 0. The lowest BCUT2D eigenvalue weighted by Gasteiger charge is -2.34. The molecule has 122 valence electrons. The zero-order chi connectivity index (χ0) is 16.2. The Hall–Kier alpha value is -2.14. The van der Waals surface area contributed by atoms with Crippen LogP contribution < -0.4 is 0 Å². The second-order valence-electron chi connectivity index (χ2n) is 6.05. The summed E-state index contributed by atoms with van der Waals surface area (Å²) in [6, 6.07) is 9.91. The molecular weight excluding hydrogens is 290 g/mol. The van der Waals surface area contributed by atoms with Crippen molar-refractivity contribution in [3.63, 3.8) is 0 Å². The van der Waals surface area contributed by atoms with Gasteiger partial charge in [0.25, 0.3) is 5.91 Å². The predicted octanol–water partition coefficient (Wildman–Crippen LogP) is 2.50. The Kier molecular flexibility index (Phi) is 4.76. The van der Waals surface area contributed by atoms with E-state index in [1.807, 2.05) is 42.2 Å². The van der Waals surface area contributed by atoms with Gasteiger partial charge in [0.2, 0.25) is 0 Å². The van der Waals surface area contributed by atoms with Gasteiger partial charge in [0.1, 0.15) is 0 Å². The number of amides is 1. The molecule has 1 aromatic heterocycles. The van der Waals surface area contributed by atoms with E-state index in [0.717, 1.165) is 56.2 Å².